The predicted octanol–water partition coefficient (Wildman–Crippen LogP) is 2.22. The fourth-order valence-corrected chi connectivity index (χ4v) is 4.27. The number of halogens is 1. The van der Waals surface area contributed by atoms with Gasteiger partial charge in [-0.25, -0.2) is 4.39 Å². The van der Waals surface area contributed by atoms with E-state index in [2.05, 4.69) is 15.1 Å². The van der Waals surface area contributed by atoms with E-state index in [1.807, 2.05) is 17.0 Å². The van der Waals surface area contributed by atoms with Crippen molar-refractivity contribution in [2.75, 3.05) is 31.1 Å². The van der Waals surface area contributed by atoms with Crippen molar-refractivity contribution in [1.29, 1.82) is 0 Å². The van der Waals surface area contributed by atoms with Crippen LogP contribution in [0, 0.1) is 17.7 Å². The third-order valence-corrected chi connectivity index (χ3v) is 6.17. The van der Waals surface area contributed by atoms with Crippen LogP contribution in [-0.4, -0.2) is 53.1 Å². The van der Waals surface area contributed by atoms with Crippen LogP contribution in [0.3, 0.4) is 0 Å². The van der Waals surface area contributed by atoms with Gasteiger partial charge in [-0.1, -0.05) is 0 Å². The molecule has 0 spiro atoms. The van der Waals surface area contributed by atoms with Gasteiger partial charge in [0.2, 0.25) is 11.8 Å². The van der Waals surface area contributed by atoms with Crippen LogP contribution < -0.4 is 10.6 Å². The third kappa shape index (κ3) is 4.42. The molecule has 7 nitrogen and oxygen atoms in total. The van der Waals surface area contributed by atoms with E-state index >= 15 is 0 Å². The van der Waals surface area contributed by atoms with Crippen LogP contribution in [0.4, 0.5) is 10.2 Å². The molecule has 0 aliphatic carbocycles. The first-order valence-corrected chi connectivity index (χ1v) is 10.4. The summed E-state index contributed by atoms with van der Waals surface area (Å²) in [5, 5.41) is 8.60. The summed E-state index contributed by atoms with van der Waals surface area (Å²) >= 11 is 0. The van der Waals surface area contributed by atoms with Gasteiger partial charge in [-0.05, 0) is 62.1 Å². The summed E-state index contributed by atoms with van der Waals surface area (Å²) in [7, 11) is 0. The number of anilines is 1. The highest BCUT2D eigenvalue weighted by Crippen LogP contribution is 2.26. The Morgan fingerprint density at radius 2 is 1.50 bits per heavy atom. The summed E-state index contributed by atoms with van der Waals surface area (Å²) in [4.78, 5) is 28.2. The SMILES string of the molecule is NC(=O)C1CCN(C(=O)C2CCN(c3ccc(-c4ccc(F)cc4)nn3)CC2)CC1. The molecule has 0 bridgehead atoms. The fraction of sp³-hybridized carbons (Fsp3) is 0.455. The lowest BCUT2D eigenvalue weighted by atomic mass is 9.92. The molecule has 0 atom stereocenters. The van der Waals surface area contributed by atoms with Crippen LogP contribution in [0.25, 0.3) is 11.3 Å². The summed E-state index contributed by atoms with van der Waals surface area (Å²) in [6, 6.07) is 9.98. The van der Waals surface area contributed by atoms with Gasteiger partial charge >= 0.3 is 0 Å². The molecule has 2 aromatic rings. The number of hydrogen-bond acceptors (Lipinski definition) is 5. The van der Waals surface area contributed by atoms with Crippen molar-refractivity contribution in [1.82, 2.24) is 15.1 Å². The van der Waals surface area contributed by atoms with Gasteiger partial charge in [-0.3, -0.25) is 9.59 Å². The van der Waals surface area contributed by atoms with Crippen molar-refractivity contribution in [3.8, 4) is 11.3 Å². The first-order chi connectivity index (χ1) is 14.5. The van der Waals surface area contributed by atoms with Gasteiger partial charge in [0.15, 0.2) is 5.82 Å². The summed E-state index contributed by atoms with van der Waals surface area (Å²) in [5.74, 6) is 0.342. The summed E-state index contributed by atoms with van der Waals surface area (Å²) in [5.41, 5.74) is 6.89. The Kier molecular flexibility index (Phi) is 5.92. The molecule has 158 valence electrons. The predicted molar refractivity (Wildman–Crippen MR) is 111 cm³/mol. The minimum atomic E-state index is -0.280. The number of nitrogens with two attached hydrogens (primary N) is 1. The average Bonchev–Trinajstić information content (AvgIpc) is 2.79. The van der Waals surface area contributed by atoms with E-state index in [9.17, 15) is 14.0 Å². The zero-order valence-electron chi connectivity index (χ0n) is 16.8. The normalized spacial score (nSPS) is 18.4. The molecule has 2 amide bonds. The maximum absolute atomic E-state index is 13.1. The van der Waals surface area contributed by atoms with E-state index in [1.54, 1.807) is 12.1 Å². The number of rotatable bonds is 4. The molecule has 2 aliphatic rings. The van der Waals surface area contributed by atoms with Gasteiger partial charge in [-0.2, -0.15) is 0 Å². The van der Waals surface area contributed by atoms with Crippen LogP contribution in [0.15, 0.2) is 36.4 Å². The zero-order chi connectivity index (χ0) is 21.1. The van der Waals surface area contributed by atoms with Gasteiger partial charge in [0.05, 0.1) is 5.69 Å². The Hall–Kier alpha value is -3.03. The Bertz CT molecular complexity index is 887. The lowest BCUT2D eigenvalue weighted by molar-refractivity contribution is -0.139. The number of hydrogen-bond donors (Lipinski definition) is 1. The Labute approximate surface area is 175 Å². The molecule has 0 saturated carbocycles. The number of piperidine rings is 2. The Morgan fingerprint density at radius 1 is 0.867 bits per heavy atom. The number of benzene rings is 1. The Morgan fingerprint density at radius 3 is 2.07 bits per heavy atom. The number of likely N-dealkylation sites (tertiary alicyclic amines) is 1. The first-order valence-electron chi connectivity index (χ1n) is 10.4. The molecule has 0 radical (unpaired) electrons. The largest absolute Gasteiger partial charge is 0.369 e. The second kappa shape index (κ2) is 8.77. The van der Waals surface area contributed by atoms with Gasteiger partial charge < -0.3 is 15.5 Å². The molecule has 0 unspecified atom stereocenters. The number of amides is 2. The van der Waals surface area contributed by atoms with E-state index in [4.69, 9.17) is 5.73 Å². The zero-order valence-corrected chi connectivity index (χ0v) is 16.8. The molecule has 30 heavy (non-hydrogen) atoms. The molecule has 4 rings (SSSR count). The number of carbonyl (C=O) groups is 2. The second-order valence-corrected chi connectivity index (χ2v) is 8.05. The van der Waals surface area contributed by atoms with E-state index in [0.717, 1.165) is 37.3 Å². The van der Waals surface area contributed by atoms with Crippen molar-refractivity contribution in [3.05, 3.63) is 42.2 Å². The van der Waals surface area contributed by atoms with E-state index in [-0.39, 0.29) is 29.5 Å². The lowest BCUT2D eigenvalue weighted by Crippen LogP contribution is -2.47. The second-order valence-electron chi connectivity index (χ2n) is 8.05. The molecule has 1 aromatic carbocycles. The van der Waals surface area contributed by atoms with Crippen molar-refractivity contribution in [2.24, 2.45) is 17.6 Å². The average molecular weight is 411 g/mol. The molecule has 2 aliphatic heterocycles. The molecule has 3 heterocycles. The van der Waals surface area contributed by atoms with Crippen LogP contribution >= 0.6 is 0 Å². The monoisotopic (exact) mass is 411 g/mol. The molecular weight excluding hydrogens is 385 g/mol. The molecule has 8 heteroatoms. The van der Waals surface area contributed by atoms with Crippen molar-refractivity contribution in [2.45, 2.75) is 25.7 Å². The summed E-state index contributed by atoms with van der Waals surface area (Å²) in [6.45, 7) is 2.73. The minimum Gasteiger partial charge on any atom is -0.369 e. The highest BCUT2D eigenvalue weighted by molar-refractivity contribution is 5.80. The van der Waals surface area contributed by atoms with Crippen molar-refractivity contribution >= 4 is 17.6 Å². The smallest absolute Gasteiger partial charge is 0.225 e. The highest BCUT2D eigenvalue weighted by Gasteiger charge is 2.32. The van der Waals surface area contributed by atoms with Gasteiger partial charge in [0, 0.05) is 43.6 Å². The van der Waals surface area contributed by atoms with Crippen LogP contribution in [-0.2, 0) is 9.59 Å². The topological polar surface area (TPSA) is 92.4 Å². The van der Waals surface area contributed by atoms with Gasteiger partial charge in [0.1, 0.15) is 5.82 Å². The van der Waals surface area contributed by atoms with Gasteiger partial charge in [-0.15, -0.1) is 10.2 Å². The Balaban J connectivity index is 1.30. The highest BCUT2D eigenvalue weighted by atomic mass is 19.1. The molecule has 2 fully saturated rings. The van der Waals surface area contributed by atoms with E-state index in [0.29, 0.717) is 31.6 Å². The van der Waals surface area contributed by atoms with E-state index in [1.165, 1.54) is 12.1 Å². The van der Waals surface area contributed by atoms with Gasteiger partial charge in [0.25, 0.3) is 0 Å². The minimum absolute atomic E-state index is 0.0119. The first kappa shape index (κ1) is 20.3. The number of carbonyl (C=O) groups excluding carboxylic acids is 2. The van der Waals surface area contributed by atoms with Crippen LogP contribution in [0.2, 0.25) is 0 Å². The van der Waals surface area contributed by atoms with Crippen LogP contribution in [0.5, 0.6) is 0 Å². The molecule has 2 saturated heterocycles. The quantitative estimate of drug-likeness (QED) is 0.833. The number of nitrogens with zero attached hydrogens (tertiary/aromatic N) is 4. The summed E-state index contributed by atoms with van der Waals surface area (Å²) in [6.07, 6.45) is 2.87. The number of primary amides is 1. The van der Waals surface area contributed by atoms with E-state index < -0.39 is 0 Å². The van der Waals surface area contributed by atoms with Crippen molar-refractivity contribution < 1.29 is 14.0 Å². The third-order valence-electron chi connectivity index (χ3n) is 6.17. The molecule has 1 aromatic heterocycles. The van der Waals surface area contributed by atoms with Crippen molar-refractivity contribution in [3.63, 3.8) is 0 Å². The van der Waals surface area contributed by atoms with Crippen LogP contribution in [0.1, 0.15) is 25.7 Å². The fourth-order valence-electron chi connectivity index (χ4n) is 4.27. The number of aromatic nitrogens is 2. The summed E-state index contributed by atoms with van der Waals surface area (Å²) < 4.78 is 13.1. The maximum Gasteiger partial charge on any atom is 0.225 e. The molecular formula is C22H26FN5O2. The maximum atomic E-state index is 13.1. The lowest BCUT2D eigenvalue weighted by Gasteiger charge is -2.37. The molecule has 2 N–H and O–H groups in total. The standard InChI is InChI=1S/C22H26FN5O2/c23-18-3-1-15(2-4-18)19-5-6-20(26-25-19)27-11-9-17(10-12-27)22(30)28-13-7-16(8-14-28)21(24)29/h1-6,16-17H,7-14H2,(H2,24,29).